The summed E-state index contributed by atoms with van der Waals surface area (Å²) in [5.74, 6) is 0.873. The maximum absolute atomic E-state index is 5.01. The minimum Gasteiger partial charge on any atom is -0.383 e. The third-order valence-electron chi connectivity index (χ3n) is 3.76. The molecule has 16 heavy (non-hydrogen) atoms. The third-order valence-corrected chi connectivity index (χ3v) is 3.76. The number of rotatable bonds is 7. The zero-order valence-electron chi connectivity index (χ0n) is 11.2. The van der Waals surface area contributed by atoms with Crippen LogP contribution in [0.1, 0.15) is 32.6 Å². The highest BCUT2D eigenvalue weighted by molar-refractivity contribution is 4.79. The van der Waals surface area contributed by atoms with Crippen molar-refractivity contribution < 1.29 is 4.74 Å². The van der Waals surface area contributed by atoms with Crippen LogP contribution >= 0.6 is 0 Å². The Balaban J connectivity index is 2.10. The van der Waals surface area contributed by atoms with Gasteiger partial charge in [-0.25, -0.2) is 0 Å². The molecule has 0 aromatic heterocycles. The van der Waals surface area contributed by atoms with Crippen molar-refractivity contribution >= 4 is 0 Å². The molecule has 0 heterocycles. The summed E-state index contributed by atoms with van der Waals surface area (Å²) in [4.78, 5) is 2.53. The van der Waals surface area contributed by atoms with E-state index in [1.54, 1.807) is 7.11 Å². The molecule has 2 unspecified atom stereocenters. The summed E-state index contributed by atoms with van der Waals surface area (Å²) in [5, 5.41) is 3.40. The first-order valence-electron chi connectivity index (χ1n) is 6.65. The molecule has 0 spiro atoms. The summed E-state index contributed by atoms with van der Waals surface area (Å²) in [7, 11) is 4.02. The maximum atomic E-state index is 5.01. The highest BCUT2D eigenvalue weighted by Gasteiger charge is 2.24. The van der Waals surface area contributed by atoms with Crippen LogP contribution in [0, 0.1) is 5.92 Å². The molecule has 1 fully saturated rings. The average Bonchev–Trinajstić information content (AvgIpc) is 2.29. The Labute approximate surface area is 101 Å². The van der Waals surface area contributed by atoms with Gasteiger partial charge < -0.3 is 15.0 Å². The second kappa shape index (κ2) is 8.04. The maximum Gasteiger partial charge on any atom is 0.0587 e. The average molecular weight is 228 g/mol. The predicted octanol–water partition coefficient (Wildman–Crippen LogP) is 1.73. The van der Waals surface area contributed by atoms with E-state index in [0.29, 0.717) is 0 Å². The Morgan fingerprint density at radius 2 is 2.00 bits per heavy atom. The van der Waals surface area contributed by atoms with Gasteiger partial charge in [-0.3, -0.25) is 0 Å². The largest absolute Gasteiger partial charge is 0.383 e. The molecule has 0 amide bonds. The smallest absolute Gasteiger partial charge is 0.0587 e. The van der Waals surface area contributed by atoms with Gasteiger partial charge in [0.15, 0.2) is 0 Å². The lowest BCUT2D eigenvalue weighted by Crippen LogP contribution is -2.42. The van der Waals surface area contributed by atoms with Gasteiger partial charge in [0.25, 0.3) is 0 Å². The van der Waals surface area contributed by atoms with Crippen molar-refractivity contribution in [1.29, 1.82) is 0 Å². The second-order valence-electron chi connectivity index (χ2n) is 5.05. The zero-order valence-corrected chi connectivity index (χ0v) is 11.2. The SMILES string of the molecule is COCCNCCN(C)C1CCCCC1C. The van der Waals surface area contributed by atoms with Crippen molar-refractivity contribution in [1.82, 2.24) is 10.2 Å². The van der Waals surface area contributed by atoms with Crippen molar-refractivity contribution in [3.8, 4) is 0 Å². The van der Waals surface area contributed by atoms with Crippen LogP contribution in [0.4, 0.5) is 0 Å². The Hall–Kier alpha value is -0.120. The first-order chi connectivity index (χ1) is 7.75. The van der Waals surface area contributed by atoms with E-state index in [1.165, 1.54) is 25.7 Å². The summed E-state index contributed by atoms with van der Waals surface area (Å²) >= 11 is 0. The Morgan fingerprint density at radius 1 is 1.25 bits per heavy atom. The van der Waals surface area contributed by atoms with E-state index in [-0.39, 0.29) is 0 Å². The Bertz CT molecular complexity index is 175. The van der Waals surface area contributed by atoms with Gasteiger partial charge in [0.1, 0.15) is 0 Å². The predicted molar refractivity (Wildman–Crippen MR) is 68.8 cm³/mol. The molecular weight excluding hydrogens is 200 g/mol. The van der Waals surface area contributed by atoms with Crippen molar-refractivity contribution in [3.63, 3.8) is 0 Å². The van der Waals surface area contributed by atoms with E-state index < -0.39 is 0 Å². The molecule has 1 rings (SSSR count). The quantitative estimate of drug-likeness (QED) is 0.672. The molecule has 96 valence electrons. The van der Waals surface area contributed by atoms with E-state index in [1.807, 2.05) is 0 Å². The number of methoxy groups -OCH3 is 1. The summed E-state index contributed by atoms with van der Waals surface area (Å²) in [6.07, 6.45) is 5.63. The molecule has 2 atom stereocenters. The van der Waals surface area contributed by atoms with Gasteiger partial charge in [0.05, 0.1) is 6.61 Å². The van der Waals surface area contributed by atoms with Crippen LogP contribution in [0.15, 0.2) is 0 Å². The first-order valence-corrected chi connectivity index (χ1v) is 6.65. The van der Waals surface area contributed by atoms with Gasteiger partial charge in [-0.2, -0.15) is 0 Å². The monoisotopic (exact) mass is 228 g/mol. The van der Waals surface area contributed by atoms with Gasteiger partial charge >= 0.3 is 0 Å². The van der Waals surface area contributed by atoms with E-state index in [4.69, 9.17) is 4.74 Å². The number of nitrogens with one attached hydrogen (secondary N) is 1. The normalized spacial score (nSPS) is 26.2. The molecule has 0 aromatic carbocycles. The van der Waals surface area contributed by atoms with Gasteiger partial charge in [0, 0.05) is 32.8 Å². The lowest BCUT2D eigenvalue weighted by atomic mass is 9.85. The molecule has 1 saturated carbocycles. The van der Waals surface area contributed by atoms with E-state index >= 15 is 0 Å². The molecule has 1 aliphatic rings. The van der Waals surface area contributed by atoms with Crippen LogP contribution in [0.2, 0.25) is 0 Å². The van der Waals surface area contributed by atoms with E-state index in [9.17, 15) is 0 Å². The summed E-state index contributed by atoms with van der Waals surface area (Å²) in [5.41, 5.74) is 0. The van der Waals surface area contributed by atoms with Crippen molar-refractivity contribution in [2.24, 2.45) is 5.92 Å². The highest BCUT2D eigenvalue weighted by atomic mass is 16.5. The van der Waals surface area contributed by atoms with Crippen molar-refractivity contribution in [2.75, 3.05) is 40.4 Å². The third kappa shape index (κ3) is 4.81. The molecule has 0 aromatic rings. The highest BCUT2D eigenvalue weighted by Crippen LogP contribution is 2.26. The van der Waals surface area contributed by atoms with Gasteiger partial charge in [0.2, 0.25) is 0 Å². The molecule has 0 radical (unpaired) electrons. The van der Waals surface area contributed by atoms with E-state index in [0.717, 1.165) is 38.2 Å². The topological polar surface area (TPSA) is 24.5 Å². The van der Waals surface area contributed by atoms with E-state index in [2.05, 4.69) is 24.2 Å². The fourth-order valence-corrected chi connectivity index (χ4v) is 2.67. The molecule has 3 nitrogen and oxygen atoms in total. The Kier molecular flexibility index (Phi) is 7.01. The number of hydrogen-bond acceptors (Lipinski definition) is 3. The first kappa shape index (κ1) is 13.9. The zero-order chi connectivity index (χ0) is 11.8. The van der Waals surface area contributed by atoms with Crippen LogP contribution in [0.5, 0.6) is 0 Å². The number of hydrogen-bond donors (Lipinski definition) is 1. The summed E-state index contributed by atoms with van der Waals surface area (Å²) in [6.45, 7) is 6.40. The Morgan fingerprint density at radius 3 is 2.69 bits per heavy atom. The van der Waals surface area contributed by atoms with Crippen LogP contribution < -0.4 is 5.32 Å². The van der Waals surface area contributed by atoms with Crippen LogP contribution in [0.3, 0.4) is 0 Å². The van der Waals surface area contributed by atoms with Crippen LogP contribution in [0.25, 0.3) is 0 Å². The van der Waals surface area contributed by atoms with Crippen molar-refractivity contribution in [2.45, 2.75) is 38.6 Å². The lowest BCUT2D eigenvalue weighted by molar-refractivity contribution is 0.138. The fraction of sp³-hybridized carbons (Fsp3) is 1.00. The molecule has 3 heteroatoms. The minimum atomic E-state index is 0.804. The molecule has 0 aliphatic heterocycles. The van der Waals surface area contributed by atoms with Crippen LogP contribution in [-0.2, 0) is 4.74 Å². The van der Waals surface area contributed by atoms with Gasteiger partial charge in [-0.05, 0) is 25.8 Å². The fourth-order valence-electron chi connectivity index (χ4n) is 2.67. The molecule has 0 saturated heterocycles. The number of nitrogens with zero attached hydrogens (tertiary/aromatic N) is 1. The molecule has 1 aliphatic carbocycles. The molecule has 1 N–H and O–H groups in total. The lowest BCUT2D eigenvalue weighted by Gasteiger charge is -2.36. The van der Waals surface area contributed by atoms with Crippen molar-refractivity contribution in [3.05, 3.63) is 0 Å². The standard InChI is InChI=1S/C13H28N2O/c1-12-6-4-5-7-13(12)15(2)10-8-14-9-11-16-3/h12-14H,4-11H2,1-3H3. The summed E-state index contributed by atoms with van der Waals surface area (Å²) < 4.78 is 5.01. The number of likely N-dealkylation sites (N-methyl/N-ethyl adjacent to an activating group) is 1. The summed E-state index contributed by atoms with van der Waals surface area (Å²) in [6, 6.07) is 0.804. The van der Waals surface area contributed by atoms with Gasteiger partial charge in [-0.15, -0.1) is 0 Å². The second-order valence-corrected chi connectivity index (χ2v) is 5.05. The van der Waals surface area contributed by atoms with Crippen LogP contribution in [-0.4, -0.2) is 51.3 Å². The molecular formula is C13H28N2O. The van der Waals surface area contributed by atoms with Gasteiger partial charge in [-0.1, -0.05) is 19.8 Å². The minimum absolute atomic E-state index is 0.804. The number of ether oxygens (including phenoxy) is 1. The molecule has 0 bridgehead atoms.